The Balaban J connectivity index is 0.00000243. The molecule has 1 aliphatic heterocycles. The van der Waals surface area contributed by atoms with E-state index in [-0.39, 0.29) is 24.2 Å². The van der Waals surface area contributed by atoms with Gasteiger partial charge in [-0.3, -0.25) is 9.59 Å². The fourth-order valence-corrected chi connectivity index (χ4v) is 2.91. The van der Waals surface area contributed by atoms with Crippen molar-refractivity contribution in [2.75, 3.05) is 39.0 Å². The molecule has 1 saturated heterocycles. The molecule has 0 unspecified atom stereocenters. The van der Waals surface area contributed by atoms with Gasteiger partial charge in [-0.05, 0) is 30.3 Å². The minimum Gasteiger partial charge on any atom is -0.497 e. The largest absolute Gasteiger partial charge is 0.497 e. The Bertz CT molecular complexity index is 789. The van der Waals surface area contributed by atoms with Gasteiger partial charge in [-0.1, -0.05) is 18.2 Å². The molecule has 0 spiro atoms. The smallest absolute Gasteiger partial charge is 0.256 e. The van der Waals surface area contributed by atoms with E-state index in [0.29, 0.717) is 48.7 Å². The number of nitrogens with two attached hydrogens (primary N) is 1. The summed E-state index contributed by atoms with van der Waals surface area (Å²) in [7, 11) is 1.57. The second-order valence-corrected chi connectivity index (χ2v) is 5.90. The van der Waals surface area contributed by atoms with Crippen molar-refractivity contribution in [2.24, 2.45) is 0 Å². The molecule has 0 bridgehead atoms. The van der Waals surface area contributed by atoms with E-state index < -0.39 is 0 Å². The van der Waals surface area contributed by atoms with Gasteiger partial charge in [0.1, 0.15) is 5.75 Å². The second-order valence-electron chi connectivity index (χ2n) is 5.90. The molecule has 2 N–H and O–H groups in total. The summed E-state index contributed by atoms with van der Waals surface area (Å²) in [5.74, 6) is 0.510. The lowest BCUT2D eigenvalue weighted by Gasteiger charge is -2.35. The van der Waals surface area contributed by atoms with Crippen molar-refractivity contribution in [3.8, 4) is 5.75 Å². The summed E-state index contributed by atoms with van der Waals surface area (Å²) in [6.07, 6.45) is 0. The number of rotatable bonds is 3. The average Bonchev–Trinajstić information content (AvgIpc) is 2.67. The molecule has 7 heteroatoms. The summed E-state index contributed by atoms with van der Waals surface area (Å²) in [4.78, 5) is 28.7. The zero-order valence-corrected chi connectivity index (χ0v) is 15.4. The summed E-state index contributed by atoms with van der Waals surface area (Å²) < 4.78 is 5.17. The van der Waals surface area contributed by atoms with Crippen LogP contribution in [0, 0.1) is 0 Å². The number of carbonyl (C=O) groups excluding carboxylic acids is 2. The molecule has 6 nitrogen and oxygen atoms in total. The van der Waals surface area contributed by atoms with Crippen LogP contribution in [0.2, 0.25) is 0 Å². The first-order chi connectivity index (χ1) is 12.1. The van der Waals surface area contributed by atoms with Gasteiger partial charge in [-0.15, -0.1) is 12.4 Å². The van der Waals surface area contributed by atoms with Crippen molar-refractivity contribution >= 4 is 29.9 Å². The topological polar surface area (TPSA) is 75.9 Å². The molecule has 2 amide bonds. The van der Waals surface area contributed by atoms with Crippen LogP contribution in [-0.2, 0) is 0 Å². The first-order valence-corrected chi connectivity index (χ1v) is 8.17. The molecule has 1 aliphatic rings. The molecule has 1 fully saturated rings. The maximum atomic E-state index is 12.6. The van der Waals surface area contributed by atoms with E-state index in [1.54, 1.807) is 65.4 Å². The number of piperazine rings is 1. The number of amides is 2. The number of hydrogen-bond acceptors (Lipinski definition) is 4. The average molecular weight is 376 g/mol. The number of nitrogen functional groups attached to an aromatic ring is 1. The molecule has 0 saturated carbocycles. The lowest BCUT2D eigenvalue weighted by atomic mass is 10.1. The van der Waals surface area contributed by atoms with Gasteiger partial charge in [-0.25, -0.2) is 0 Å². The third kappa shape index (κ3) is 4.08. The zero-order chi connectivity index (χ0) is 17.8. The van der Waals surface area contributed by atoms with Crippen molar-refractivity contribution in [3.63, 3.8) is 0 Å². The summed E-state index contributed by atoms with van der Waals surface area (Å²) >= 11 is 0. The first-order valence-electron chi connectivity index (χ1n) is 8.17. The van der Waals surface area contributed by atoms with Gasteiger partial charge in [0, 0.05) is 37.4 Å². The maximum Gasteiger partial charge on any atom is 0.256 e. The number of hydrogen-bond donors (Lipinski definition) is 1. The van der Waals surface area contributed by atoms with Crippen LogP contribution in [0.5, 0.6) is 5.75 Å². The van der Waals surface area contributed by atoms with Crippen LogP contribution in [0.3, 0.4) is 0 Å². The van der Waals surface area contributed by atoms with Crippen LogP contribution < -0.4 is 10.5 Å². The van der Waals surface area contributed by atoms with Gasteiger partial charge in [0.2, 0.25) is 0 Å². The van der Waals surface area contributed by atoms with Crippen molar-refractivity contribution in [2.45, 2.75) is 0 Å². The normalized spacial score (nSPS) is 13.7. The number of nitrogens with zero attached hydrogens (tertiary/aromatic N) is 2. The Hall–Kier alpha value is -2.73. The first kappa shape index (κ1) is 19.6. The van der Waals surface area contributed by atoms with Crippen LogP contribution in [0.1, 0.15) is 20.7 Å². The fraction of sp³-hybridized carbons (Fsp3) is 0.263. The fourth-order valence-electron chi connectivity index (χ4n) is 2.91. The Morgan fingerprint density at radius 3 is 2.15 bits per heavy atom. The molecule has 2 aromatic carbocycles. The molecule has 3 rings (SSSR count). The number of anilines is 1. The van der Waals surface area contributed by atoms with E-state index in [9.17, 15) is 9.59 Å². The molecule has 0 aromatic heterocycles. The molecule has 0 aliphatic carbocycles. The molecule has 0 radical (unpaired) electrons. The molecule has 138 valence electrons. The SMILES string of the molecule is COc1cccc(C(=O)N2CCN(C(=O)c3ccccc3N)CC2)c1.Cl. The Labute approximate surface area is 158 Å². The predicted octanol–water partition coefficient (Wildman–Crippen LogP) is 2.30. The van der Waals surface area contributed by atoms with E-state index in [0.717, 1.165) is 0 Å². The highest BCUT2D eigenvalue weighted by atomic mass is 35.5. The Morgan fingerprint density at radius 1 is 0.923 bits per heavy atom. The number of halogens is 1. The summed E-state index contributed by atoms with van der Waals surface area (Å²) in [6.45, 7) is 1.97. The molecule has 26 heavy (non-hydrogen) atoms. The molecular formula is C19H22ClN3O3. The van der Waals surface area contributed by atoms with E-state index in [4.69, 9.17) is 10.5 Å². The number of para-hydroxylation sites is 1. The summed E-state index contributed by atoms with van der Waals surface area (Å²) in [5.41, 5.74) is 7.46. The van der Waals surface area contributed by atoms with Gasteiger partial charge in [-0.2, -0.15) is 0 Å². The molecule has 1 heterocycles. The number of benzene rings is 2. The Kier molecular flexibility index (Phi) is 6.46. The van der Waals surface area contributed by atoms with E-state index in [1.807, 2.05) is 0 Å². The Morgan fingerprint density at radius 2 is 1.54 bits per heavy atom. The molecule has 0 atom stereocenters. The van der Waals surface area contributed by atoms with Gasteiger partial charge >= 0.3 is 0 Å². The number of methoxy groups -OCH3 is 1. The van der Waals surface area contributed by atoms with E-state index >= 15 is 0 Å². The van der Waals surface area contributed by atoms with Gasteiger partial charge in [0.25, 0.3) is 11.8 Å². The van der Waals surface area contributed by atoms with Crippen molar-refractivity contribution in [1.82, 2.24) is 9.80 Å². The van der Waals surface area contributed by atoms with Crippen molar-refractivity contribution < 1.29 is 14.3 Å². The van der Waals surface area contributed by atoms with Gasteiger partial charge in [0.15, 0.2) is 0 Å². The number of carbonyl (C=O) groups is 2. The number of ether oxygens (including phenoxy) is 1. The minimum atomic E-state index is -0.0911. The van der Waals surface area contributed by atoms with Crippen LogP contribution in [0.4, 0.5) is 5.69 Å². The standard InChI is InChI=1S/C19H21N3O3.ClH/c1-25-15-6-4-5-14(13-15)18(23)21-9-11-22(12-10-21)19(24)16-7-2-3-8-17(16)20;/h2-8,13H,9-12,20H2,1H3;1H. The van der Waals surface area contributed by atoms with Crippen molar-refractivity contribution in [3.05, 3.63) is 59.7 Å². The van der Waals surface area contributed by atoms with Gasteiger partial charge in [0.05, 0.1) is 12.7 Å². The van der Waals surface area contributed by atoms with E-state index in [2.05, 4.69) is 0 Å². The highest BCUT2D eigenvalue weighted by Gasteiger charge is 2.26. The van der Waals surface area contributed by atoms with Crippen molar-refractivity contribution in [1.29, 1.82) is 0 Å². The quantitative estimate of drug-likeness (QED) is 0.835. The van der Waals surface area contributed by atoms with Crippen LogP contribution in [-0.4, -0.2) is 54.9 Å². The van der Waals surface area contributed by atoms with Crippen LogP contribution in [0.15, 0.2) is 48.5 Å². The predicted molar refractivity (Wildman–Crippen MR) is 103 cm³/mol. The maximum absolute atomic E-state index is 12.6. The summed E-state index contributed by atoms with van der Waals surface area (Å²) in [6, 6.07) is 14.1. The van der Waals surface area contributed by atoms with Crippen LogP contribution in [0.25, 0.3) is 0 Å². The lowest BCUT2D eigenvalue weighted by Crippen LogP contribution is -2.50. The third-order valence-electron chi connectivity index (χ3n) is 4.36. The highest BCUT2D eigenvalue weighted by molar-refractivity contribution is 5.99. The third-order valence-corrected chi connectivity index (χ3v) is 4.36. The molecule has 2 aromatic rings. The highest BCUT2D eigenvalue weighted by Crippen LogP contribution is 2.18. The van der Waals surface area contributed by atoms with E-state index in [1.165, 1.54) is 0 Å². The molecular weight excluding hydrogens is 354 g/mol. The second kappa shape index (κ2) is 8.58. The monoisotopic (exact) mass is 375 g/mol. The summed E-state index contributed by atoms with van der Waals surface area (Å²) in [5, 5.41) is 0. The minimum absolute atomic E-state index is 0. The zero-order valence-electron chi connectivity index (χ0n) is 14.6. The lowest BCUT2D eigenvalue weighted by molar-refractivity contribution is 0.0536. The van der Waals surface area contributed by atoms with Gasteiger partial charge < -0.3 is 20.3 Å². The van der Waals surface area contributed by atoms with Crippen LogP contribution >= 0.6 is 12.4 Å².